The molecule has 1 aliphatic heterocycles. The zero-order chi connectivity index (χ0) is 20.5. The van der Waals surface area contributed by atoms with Gasteiger partial charge in [0.2, 0.25) is 5.91 Å². The summed E-state index contributed by atoms with van der Waals surface area (Å²) >= 11 is 3.34. The minimum atomic E-state index is -0.335. The van der Waals surface area contributed by atoms with Crippen molar-refractivity contribution in [1.29, 1.82) is 0 Å². The number of amides is 1. The quantitative estimate of drug-likeness (QED) is 0.597. The van der Waals surface area contributed by atoms with E-state index in [-0.39, 0.29) is 18.1 Å². The van der Waals surface area contributed by atoms with Crippen LogP contribution in [0.4, 0.5) is 4.39 Å². The number of benzene rings is 1. The number of carbonyl (C=O) groups excluding carboxylic acids is 1. The summed E-state index contributed by atoms with van der Waals surface area (Å²) in [6, 6.07) is 8.90. The fraction of sp³-hybridized carbons (Fsp3) is 0.364. The first-order valence-electron chi connectivity index (χ1n) is 9.79. The van der Waals surface area contributed by atoms with Crippen LogP contribution in [-0.2, 0) is 17.8 Å². The van der Waals surface area contributed by atoms with E-state index in [9.17, 15) is 9.18 Å². The number of carbonyl (C=O) groups is 1. The molecular formula is C22H24BrFN4O. The Kier molecular flexibility index (Phi) is 5.69. The van der Waals surface area contributed by atoms with Crippen LogP contribution in [0.3, 0.4) is 0 Å². The van der Waals surface area contributed by atoms with Crippen LogP contribution < -0.4 is 0 Å². The minimum absolute atomic E-state index is 0.0249. The van der Waals surface area contributed by atoms with Crippen LogP contribution in [-0.4, -0.2) is 51.3 Å². The van der Waals surface area contributed by atoms with Gasteiger partial charge in [-0.2, -0.15) is 0 Å². The molecule has 1 aliphatic rings. The maximum atomic E-state index is 14.0. The molecule has 3 heterocycles. The fourth-order valence-corrected chi connectivity index (χ4v) is 4.23. The van der Waals surface area contributed by atoms with Gasteiger partial charge in [0.1, 0.15) is 11.5 Å². The highest BCUT2D eigenvalue weighted by Gasteiger charge is 2.23. The number of rotatable bonds is 4. The van der Waals surface area contributed by atoms with Crippen LogP contribution in [0, 0.1) is 19.7 Å². The van der Waals surface area contributed by atoms with E-state index < -0.39 is 0 Å². The lowest BCUT2D eigenvalue weighted by Crippen LogP contribution is -2.48. The second-order valence-electron chi connectivity index (χ2n) is 7.65. The molecule has 2 aromatic heterocycles. The third-order valence-corrected chi connectivity index (χ3v) is 6.02. The molecule has 1 saturated heterocycles. The van der Waals surface area contributed by atoms with Gasteiger partial charge < -0.3 is 9.30 Å². The second kappa shape index (κ2) is 8.24. The third kappa shape index (κ3) is 4.36. The molecule has 1 fully saturated rings. The van der Waals surface area contributed by atoms with Gasteiger partial charge in [-0.1, -0.05) is 15.9 Å². The summed E-state index contributed by atoms with van der Waals surface area (Å²) in [5, 5.41) is 0. The molecule has 0 bridgehead atoms. The summed E-state index contributed by atoms with van der Waals surface area (Å²) in [5.41, 5.74) is 4.84. The lowest BCUT2D eigenvalue weighted by Gasteiger charge is -2.34. The maximum Gasteiger partial charge on any atom is 0.227 e. The van der Waals surface area contributed by atoms with E-state index >= 15 is 0 Å². The minimum Gasteiger partial charge on any atom is -0.340 e. The zero-order valence-corrected chi connectivity index (χ0v) is 18.2. The molecule has 29 heavy (non-hydrogen) atoms. The van der Waals surface area contributed by atoms with E-state index in [2.05, 4.69) is 55.5 Å². The van der Waals surface area contributed by atoms with Crippen molar-refractivity contribution in [2.75, 3.05) is 26.2 Å². The summed E-state index contributed by atoms with van der Waals surface area (Å²) < 4.78 is 16.9. The van der Waals surface area contributed by atoms with E-state index in [0.717, 1.165) is 35.4 Å². The number of nitrogens with zero attached hydrogens (tertiary/aromatic N) is 4. The third-order valence-electron chi connectivity index (χ3n) is 5.53. The van der Waals surface area contributed by atoms with Crippen LogP contribution in [0.1, 0.15) is 22.5 Å². The molecule has 4 rings (SSSR count). The molecule has 0 radical (unpaired) electrons. The number of aryl methyl sites for hydroxylation is 2. The highest BCUT2D eigenvalue weighted by molar-refractivity contribution is 9.10. The molecule has 0 N–H and O–H groups in total. The standard InChI is InChI=1S/C22H24BrFN4O/c1-15-5-6-28-20(16(2)25-21(28)11-15)14-26-7-9-27(10-8-26)22(29)13-17-12-18(23)3-4-19(17)24/h3-6,11-12H,7-10,13-14H2,1-2H3. The molecule has 152 valence electrons. The molecule has 0 spiro atoms. The lowest BCUT2D eigenvalue weighted by molar-refractivity contribution is -0.132. The molecule has 7 heteroatoms. The van der Waals surface area contributed by atoms with Gasteiger partial charge in [-0.05, 0) is 55.3 Å². The fourth-order valence-electron chi connectivity index (χ4n) is 3.83. The van der Waals surface area contributed by atoms with Crippen molar-refractivity contribution in [2.45, 2.75) is 26.8 Å². The number of piperazine rings is 1. The SMILES string of the molecule is Cc1ccn2c(CN3CCN(C(=O)Cc4cc(Br)ccc4F)CC3)c(C)nc2c1. The van der Waals surface area contributed by atoms with E-state index in [1.54, 1.807) is 12.1 Å². The average molecular weight is 459 g/mol. The first kappa shape index (κ1) is 20.0. The van der Waals surface area contributed by atoms with Crippen molar-refractivity contribution >= 4 is 27.5 Å². The van der Waals surface area contributed by atoms with Crippen LogP contribution in [0.25, 0.3) is 5.65 Å². The normalized spacial score (nSPS) is 15.2. The van der Waals surface area contributed by atoms with Gasteiger partial charge in [-0.3, -0.25) is 9.69 Å². The van der Waals surface area contributed by atoms with Crippen LogP contribution in [0.15, 0.2) is 41.0 Å². The summed E-state index contributed by atoms with van der Waals surface area (Å²) in [4.78, 5) is 21.5. The monoisotopic (exact) mass is 458 g/mol. The van der Waals surface area contributed by atoms with Crippen molar-refractivity contribution in [3.8, 4) is 0 Å². The number of halogens is 2. The Balaban J connectivity index is 1.38. The highest BCUT2D eigenvalue weighted by atomic mass is 79.9. The van der Waals surface area contributed by atoms with E-state index in [0.29, 0.717) is 18.7 Å². The van der Waals surface area contributed by atoms with Gasteiger partial charge in [0, 0.05) is 43.4 Å². The predicted molar refractivity (Wildman–Crippen MR) is 114 cm³/mol. The van der Waals surface area contributed by atoms with Crippen LogP contribution in [0.2, 0.25) is 0 Å². The topological polar surface area (TPSA) is 40.9 Å². The zero-order valence-electron chi connectivity index (χ0n) is 16.7. The number of imidazole rings is 1. The van der Waals surface area contributed by atoms with Gasteiger partial charge >= 0.3 is 0 Å². The molecule has 1 amide bonds. The Labute approximate surface area is 178 Å². The Bertz CT molecular complexity index is 1060. The molecule has 0 unspecified atom stereocenters. The first-order chi connectivity index (χ1) is 13.9. The molecule has 0 aliphatic carbocycles. The van der Waals surface area contributed by atoms with Gasteiger partial charge in [-0.25, -0.2) is 9.37 Å². The van der Waals surface area contributed by atoms with Gasteiger partial charge in [0.25, 0.3) is 0 Å². The van der Waals surface area contributed by atoms with Gasteiger partial charge in [-0.15, -0.1) is 0 Å². The summed E-state index contributed by atoms with van der Waals surface area (Å²) in [6.07, 6.45) is 2.17. The van der Waals surface area contributed by atoms with Crippen LogP contribution in [0.5, 0.6) is 0 Å². The number of aromatic nitrogens is 2. The lowest BCUT2D eigenvalue weighted by atomic mass is 10.1. The summed E-state index contributed by atoms with van der Waals surface area (Å²) in [6.45, 7) is 7.82. The molecule has 0 saturated carbocycles. The number of hydrogen-bond acceptors (Lipinski definition) is 3. The Morgan fingerprint density at radius 2 is 1.90 bits per heavy atom. The van der Waals surface area contributed by atoms with Crippen molar-refractivity contribution in [1.82, 2.24) is 19.2 Å². The summed E-state index contributed by atoms with van der Waals surface area (Å²) in [5.74, 6) is -0.360. The Morgan fingerprint density at radius 3 is 2.66 bits per heavy atom. The van der Waals surface area contributed by atoms with Crippen LogP contribution >= 0.6 is 15.9 Å². The number of fused-ring (bicyclic) bond motifs is 1. The second-order valence-corrected chi connectivity index (χ2v) is 8.56. The van der Waals surface area contributed by atoms with Gasteiger partial charge in [0.05, 0.1) is 17.8 Å². The van der Waals surface area contributed by atoms with E-state index in [4.69, 9.17) is 0 Å². The average Bonchev–Trinajstić information content (AvgIpc) is 2.99. The smallest absolute Gasteiger partial charge is 0.227 e. The Hall–Kier alpha value is -2.25. The molecular weight excluding hydrogens is 435 g/mol. The van der Waals surface area contributed by atoms with Crippen molar-refractivity contribution in [3.63, 3.8) is 0 Å². The van der Waals surface area contributed by atoms with Crippen molar-refractivity contribution < 1.29 is 9.18 Å². The Morgan fingerprint density at radius 1 is 1.14 bits per heavy atom. The maximum absolute atomic E-state index is 14.0. The molecule has 0 atom stereocenters. The van der Waals surface area contributed by atoms with Gasteiger partial charge in [0.15, 0.2) is 0 Å². The van der Waals surface area contributed by atoms with E-state index in [1.807, 2.05) is 11.8 Å². The summed E-state index contributed by atoms with van der Waals surface area (Å²) in [7, 11) is 0. The first-order valence-corrected chi connectivity index (χ1v) is 10.6. The highest BCUT2D eigenvalue weighted by Crippen LogP contribution is 2.19. The van der Waals surface area contributed by atoms with Crippen molar-refractivity contribution in [3.05, 3.63) is 69.3 Å². The molecule has 3 aromatic rings. The van der Waals surface area contributed by atoms with E-state index in [1.165, 1.54) is 17.3 Å². The number of pyridine rings is 1. The number of hydrogen-bond donors (Lipinski definition) is 0. The largest absolute Gasteiger partial charge is 0.340 e. The molecule has 5 nitrogen and oxygen atoms in total. The molecule has 1 aromatic carbocycles. The van der Waals surface area contributed by atoms with Crippen molar-refractivity contribution in [2.24, 2.45) is 0 Å². The predicted octanol–water partition coefficient (Wildman–Crippen LogP) is 3.74.